The Bertz CT molecular complexity index is 864. The van der Waals surface area contributed by atoms with Gasteiger partial charge in [0.05, 0.1) is 11.0 Å². The number of anilines is 1. The fourth-order valence-electron chi connectivity index (χ4n) is 2.46. The third-order valence-corrected chi connectivity index (χ3v) is 3.54. The minimum atomic E-state index is -0.505. The van der Waals surface area contributed by atoms with Crippen molar-refractivity contribution < 1.29 is 9.59 Å². The zero-order chi connectivity index (χ0) is 16.4. The smallest absolute Gasteiger partial charge is 0.332 e. The number of nitrogens with one attached hydrogen (secondary N) is 1. The first-order chi connectivity index (χ1) is 11.1. The number of aromatic nitrogens is 3. The van der Waals surface area contributed by atoms with Gasteiger partial charge in [-0.25, -0.2) is 9.78 Å². The van der Waals surface area contributed by atoms with Crippen molar-refractivity contribution in [3.05, 3.63) is 48.3 Å². The molecule has 7 nitrogen and oxygen atoms in total. The van der Waals surface area contributed by atoms with E-state index in [9.17, 15) is 9.59 Å². The molecule has 3 N–H and O–H groups in total. The standard InChI is InChI=1S/C16H17N5O2/c1-2-7-21-13-6-5-11(14(17)22)10-12(13)18-15(21)19-16(23)20-8-3-4-9-20/h3-6,8-10H,2,7H2,1H3,(H2,17,22)(H,18,19,23). The predicted octanol–water partition coefficient (Wildman–Crippen LogP) is 2.43. The molecule has 0 spiro atoms. The van der Waals surface area contributed by atoms with E-state index in [-0.39, 0.29) is 6.03 Å². The molecule has 2 aromatic heterocycles. The Morgan fingerprint density at radius 3 is 2.65 bits per heavy atom. The molecule has 1 aromatic carbocycles. The van der Waals surface area contributed by atoms with Crippen LogP contribution in [-0.2, 0) is 6.54 Å². The molecule has 0 bridgehead atoms. The van der Waals surface area contributed by atoms with Crippen molar-refractivity contribution in [1.29, 1.82) is 0 Å². The van der Waals surface area contributed by atoms with Gasteiger partial charge in [0, 0.05) is 24.5 Å². The summed E-state index contributed by atoms with van der Waals surface area (Å²) in [5.74, 6) is -0.0583. The van der Waals surface area contributed by atoms with Gasteiger partial charge in [-0.2, -0.15) is 0 Å². The van der Waals surface area contributed by atoms with Gasteiger partial charge in [0.25, 0.3) is 0 Å². The first kappa shape index (κ1) is 14.8. The molecule has 0 aliphatic heterocycles. The average Bonchev–Trinajstić information content (AvgIpc) is 3.16. The van der Waals surface area contributed by atoms with Gasteiger partial charge in [-0.05, 0) is 36.8 Å². The Morgan fingerprint density at radius 2 is 2.00 bits per heavy atom. The highest BCUT2D eigenvalue weighted by molar-refractivity contribution is 5.97. The Balaban J connectivity index is 2.02. The van der Waals surface area contributed by atoms with Gasteiger partial charge in [0.2, 0.25) is 11.9 Å². The average molecular weight is 311 g/mol. The third-order valence-electron chi connectivity index (χ3n) is 3.54. The van der Waals surface area contributed by atoms with Gasteiger partial charge in [0.1, 0.15) is 0 Å². The van der Waals surface area contributed by atoms with Crippen LogP contribution in [0.4, 0.5) is 10.7 Å². The number of nitrogens with zero attached hydrogens (tertiary/aromatic N) is 3. The summed E-state index contributed by atoms with van der Waals surface area (Å²) in [5, 5.41) is 2.80. The van der Waals surface area contributed by atoms with Crippen molar-refractivity contribution in [2.45, 2.75) is 19.9 Å². The first-order valence-electron chi connectivity index (χ1n) is 7.34. The molecule has 0 saturated carbocycles. The van der Waals surface area contributed by atoms with E-state index in [4.69, 9.17) is 5.73 Å². The predicted molar refractivity (Wildman–Crippen MR) is 87.4 cm³/mol. The Morgan fingerprint density at radius 1 is 1.26 bits per heavy atom. The van der Waals surface area contributed by atoms with E-state index >= 15 is 0 Å². The Hall–Kier alpha value is -3.09. The van der Waals surface area contributed by atoms with Crippen LogP contribution in [0.3, 0.4) is 0 Å². The molecule has 3 aromatic rings. The van der Waals surface area contributed by atoms with Crippen molar-refractivity contribution in [2.24, 2.45) is 5.73 Å². The van der Waals surface area contributed by atoms with Crippen molar-refractivity contribution in [3.8, 4) is 0 Å². The van der Waals surface area contributed by atoms with Crippen molar-refractivity contribution >= 4 is 28.9 Å². The number of primary amides is 1. The van der Waals surface area contributed by atoms with Gasteiger partial charge in [0.15, 0.2) is 0 Å². The van der Waals surface area contributed by atoms with Crippen LogP contribution in [0.15, 0.2) is 42.7 Å². The SMILES string of the molecule is CCCn1c(NC(=O)n2cccc2)nc2cc(C(N)=O)ccc21. The molecule has 0 aliphatic rings. The lowest BCUT2D eigenvalue weighted by atomic mass is 10.2. The van der Waals surface area contributed by atoms with E-state index in [0.717, 1.165) is 11.9 Å². The Labute approximate surface area is 132 Å². The second-order valence-electron chi connectivity index (χ2n) is 5.18. The summed E-state index contributed by atoms with van der Waals surface area (Å²) < 4.78 is 3.35. The topological polar surface area (TPSA) is 94.9 Å². The van der Waals surface area contributed by atoms with Gasteiger partial charge in [-0.1, -0.05) is 6.92 Å². The van der Waals surface area contributed by atoms with Crippen LogP contribution in [0.5, 0.6) is 0 Å². The molecular weight excluding hydrogens is 294 g/mol. The second kappa shape index (κ2) is 5.96. The molecule has 0 radical (unpaired) electrons. The van der Waals surface area contributed by atoms with E-state index < -0.39 is 5.91 Å². The summed E-state index contributed by atoms with van der Waals surface area (Å²) in [4.78, 5) is 28.0. The highest BCUT2D eigenvalue weighted by Crippen LogP contribution is 2.22. The molecule has 0 saturated heterocycles. The minimum absolute atomic E-state index is 0.294. The number of carbonyl (C=O) groups excluding carboxylic acids is 2. The zero-order valence-electron chi connectivity index (χ0n) is 12.7. The second-order valence-corrected chi connectivity index (χ2v) is 5.18. The summed E-state index contributed by atoms with van der Waals surface area (Å²) in [7, 11) is 0. The van der Waals surface area contributed by atoms with Crippen LogP contribution in [0.2, 0.25) is 0 Å². The summed E-state index contributed by atoms with van der Waals surface area (Å²) >= 11 is 0. The van der Waals surface area contributed by atoms with Crippen LogP contribution in [0.1, 0.15) is 23.7 Å². The summed E-state index contributed by atoms with van der Waals surface area (Å²) in [6, 6.07) is 8.34. The van der Waals surface area contributed by atoms with Crippen molar-refractivity contribution in [3.63, 3.8) is 0 Å². The number of imidazole rings is 1. The normalized spacial score (nSPS) is 10.8. The van der Waals surface area contributed by atoms with Crippen LogP contribution < -0.4 is 11.1 Å². The number of fused-ring (bicyclic) bond motifs is 1. The number of hydrogen-bond acceptors (Lipinski definition) is 3. The monoisotopic (exact) mass is 311 g/mol. The largest absolute Gasteiger partial charge is 0.366 e. The van der Waals surface area contributed by atoms with Crippen LogP contribution >= 0.6 is 0 Å². The quantitative estimate of drug-likeness (QED) is 0.774. The molecule has 0 atom stereocenters. The summed E-state index contributed by atoms with van der Waals surface area (Å²) in [6.07, 6.45) is 4.20. The van der Waals surface area contributed by atoms with Gasteiger partial charge in [-0.15, -0.1) is 0 Å². The molecule has 0 aliphatic carbocycles. The highest BCUT2D eigenvalue weighted by atomic mass is 16.2. The van der Waals surface area contributed by atoms with Crippen LogP contribution in [0, 0.1) is 0 Å². The Kier molecular flexibility index (Phi) is 3.84. The van der Waals surface area contributed by atoms with E-state index in [0.29, 0.717) is 23.6 Å². The number of rotatable bonds is 4. The lowest BCUT2D eigenvalue weighted by molar-refractivity contribution is 0.100. The zero-order valence-corrected chi connectivity index (χ0v) is 12.7. The molecule has 23 heavy (non-hydrogen) atoms. The fourth-order valence-corrected chi connectivity index (χ4v) is 2.46. The lowest BCUT2D eigenvalue weighted by Gasteiger charge is -2.09. The molecule has 3 rings (SSSR count). The minimum Gasteiger partial charge on any atom is -0.366 e. The molecule has 0 fully saturated rings. The number of hydrogen-bond donors (Lipinski definition) is 2. The molecule has 0 unspecified atom stereocenters. The first-order valence-corrected chi connectivity index (χ1v) is 7.34. The maximum atomic E-state index is 12.2. The summed E-state index contributed by atoms with van der Waals surface area (Å²) in [5.41, 5.74) is 7.17. The maximum Gasteiger partial charge on any atom is 0.332 e. The van der Waals surface area contributed by atoms with E-state index in [1.54, 1.807) is 42.7 Å². The van der Waals surface area contributed by atoms with Crippen LogP contribution in [0.25, 0.3) is 11.0 Å². The fraction of sp³-hybridized carbons (Fsp3) is 0.188. The van der Waals surface area contributed by atoms with Gasteiger partial charge < -0.3 is 10.3 Å². The third kappa shape index (κ3) is 2.80. The van der Waals surface area contributed by atoms with Gasteiger partial charge >= 0.3 is 6.03 Å². The highest BCUT2D eigenvalue weighted by Gasteiger charge is 2.14. The molecule has 7 heteroatoms. The van der Waals surface area contributed by atoms with Crippen molar-refractivity contribution in [1.82, 2.24) is 14.1 Å². The summed E-state index contributed by atoms with van der Waals surface area (Å²) in [6.45, 7) is 2.74. The van der Waals surface area contributed by atoms with Crippen molar-refractivity contribution in [2.75, 3.05) is 5.32 Å². The number of benzene rings is 1. The van der Waals surface area contributed by atoms with E-state index in [2.05, 4.69) is 10.3 Å². The van der Waals surface area contributed by atoms with E-state index in [1.165, 1.54) is 4.57 Å². The van der Waals surface area contributed by atoms with Crippen LogP contribution in [-0.4, -0.2) is 26.1 Å². The molecular formula is C16H17N5O2. The maximum absolute atomic E-state index is 12.2. The number of nitrogens with two attached hydrogens (primary N) is 1. The van der Waals surface area contributed by atoms with E-state index in [1.807, 2.05) is 11.5 Å². The molecule has 118 valence electrons. The molecule has 2 heterocycles. The number of amides is 2. The van der Waals surface area contributed by atoms with Gasteiger partial charge in [-0.3, -0.25) is 14.7 Å². The number of aryl methyl sites for hydroxylation is 1. The number of carbonyl (C=O) groups is 2. The lowest BCUT2D eigenvalue weighted by Crippen LogP contribution is -2.20. The molecule has 2 amide bonds.